The van der Waals surface area contributed by atoms with Gasteiger partial charge in [-0.3, -0.25) is 14.6 Å². The van der Waals surface area contributed by atoms with Crippen molar-refractivity contribution in [1.29, 1.82) is 0 Å². The smallest absolute Gasteiger partial charge is 0.303 e. The van der Waals surface area contributed by atoms with Crippen LogP contribution >= 0.6 is 0 Å². The number of aliphatic carboxylic acids is 1. The summed E-state index contributed by atoms with van der Waals surface area (Å²) in [6.07, 6.45) is 9.80. The van der Waals surface area contributed by atoms with Gasteiger partial charge in [0.15, 0.2) is 0 Å². The minimum absolute atomic E-state index is 0.0515. The van der Waals surface area contributed by atoms with E-state index in [0.717, 1.165) is 59.3 Å². The average Bonchev–Trinajstić information content (AvgIpc) is 2.92. The summed E-state index contributed by atoms with van der Waals surface area (Å²) in [6.45, 7) is 2.97. The summed E-state index contributed by atoms with van der Waals surface area (Å²) in [5, 5.41) is 12.1. The Hall–Kier alpha value is -3.67. The summed E-state index contributed by atoms with van der Waals surface area (Å²) in [7, 11) is 0. The Kier molecular flexibility index (Phi) is 9.30. The second kappa shape index (κ2) is 13.0. The fraction of sp³-hybridized carbons (Fsp3) is 0.387. The summed E-state index contributed by atoms with van der Waals surface area (Å²) < 4.78 is 5.59. The number of hydrogen-bond acceptors (Lipinski definition) is 4. The highest BCUT2D eigenvalue weighted by atomic mass is 16.5. The first-order valence-electron chi connectivity index (χ1n) is 13.3. The van der Waals surface area contributed by atoms with Crippen LogP contribution in [0.2, 0.25) is 0 Å². The van der Waals surface area contributed by atoms with E-state index in [1.807, 2.05) is 43.5 Å². The zero-order valence-corrected chi connectivity index (χ0v) is 21.5. The number of nitrogens with zero attached hydrogens (tertiary/aromatic N) is 1. The van der Waals surface area contributed by atoms with E-state index in [2.05, 4.69) is 34.6 Å². The van der Waals surface area contributed by atoms with E-state index in [0.29, 0.717) is 25.5 Å². The van der Waals surface area contributed by atoms with Crippen LogP contribution in [0.25, 0.3) is 11.1 Å². The number of carboxylic acid groups (broad SMARTS) is 1. The predicted octanol–water partition coefficient (Wildman–Crippen LogP) is 6.14. The van der Waals surface area contributed by atoms with Gasteiger partial charge in [0, 0.05) is 24.7 Å². The Morgan fingerprint density at radius 3 is 2.49 bits per heavy atom. The predicted molar refractivity (Wildman–Crippen MR) is 144 cm³/mol. The van der Waals surface area contributed by atoms with Crippen LogP contribution in [0, 0.1) is 5.92 Å². The van der Waals surface area contributed by atoms with Gasteiger partial charge in [0.1, 0.15) is 5.75 Å². The number of aryl methyl sites for hydroxylation is 1. The molecule has 1 atom stereocenters. The highest BCUT2D eigenvalue weighted by molar-refractivity contribution is 5.84. The quantitative estimate of drug-likeness (QED) is 0.330. The molecule has 37 heavy (non-hydrogen) atoms. The van der Waals surface area contributed by atoms with Crippen molar-refractivity contribution in [2.24, 2.45) is 5.92 Å². The molecule has 0 saturated heterocycles. The zero-order valence-electron chi connectivity index (χ0n) is 21.5. The SMILES string of the molecule is CCOc1cncc(-c2ccc([C@H](C(=O)NCc3cccc(CCC(=O)O)c3)C3CCCCC3)cc2)c1. The summed E-state index contributed by atoms with van der Waals surface area (Å²) in [5.41, 5.74) is 5.02. The highest BCUT2D eigenvalue weighted by Gasteiger charge is 2.31. The summed E-state index contributed by atoms with van der Waals surface area (Å²) >= 11 is 0. The highest BCUT2D eigenvalue weighted by Crippen LogP contribution is 2.37. The molecule has 1 fully saturated rings. The number of benzene rings is 2. The number of rotatable bonds is 11. The van der Waals surface area contributed by atoms with Crippen LogP contribution in [0.3, 0.4) is 0 Å². The fourth-order valence-electron chi connectivity index (χ4n) is 5.26. The van der Waals surface area contributed by atoms with Crippen LogP contribution in [0.5, 0.6) is 5.75 Å². The molecule has 0 unspecified atom stereocenters. The van der Waals surface area contributed by atoms with Crippen LogP contribution in [-0.2, 0) is 22.6 Å². The largest absolute Gasteiger partial charge is 0.492 e. The van der Waals surface area contributed by atoms with Gasteiger partial charge in [-0.2, -0.15) is 0 Å². The van der Waals surface area contributed by atoms with Crippen molar-refractivity contribution in [2.75, 3.05) is 6.61 Å². The Morgan fingerprint density at radius 1 is 1.00 bits per heavy atom. The normalized spacial score (nSPS) is 14.6. The van der Waals surface area contributed by atoms with Gasteiger partial charge in [-0.15, -0.1) is 0 Å². The molecule has 4 rings (SSSR count). The maximum Gasteiger partial charge on any atom is 0.303 e. The van der Waals surface area contributed by atoms with Gasteiger partial charge in [-0.1, -0.05) is 67.8 Å². The van der Waals surface area contributed by atoms with E-state index >= 15 is 0 Å². The molecule has 1 aromatic heterocycles. The standard InChI is InChI=1S/C31H36N2O4/c1-2-37-28-18-27(20-32-21-28)24-12-14-26(15-13-24)30(25-9-4-3-5-10-25)31(36)33-19-23-8-6-7-22(17-23)11-16-29(34)35/h6-8,12-15,17-18,20-21,25,30H,2-5,9-11,16,19H2,1H3,(H,33,36)(H,34,35)/t30-/m1/s1. The molecule has 0 spiro atoms. The van der Waals surface area contributed by atoms with Gasteiger partial charge >= 0.3 is 5.97 Å². The molecule has 0 bridgehead atoms. The number of carbonyl (C=O) groups is 2. The van der Waals surface area contributed by atoms with Crippen molar-refractivity contribution in [3.63, 3.8) is 0 Å². The summed E-state index contributed by atoms with van der Waals surface area (Å²) in [6, 6.07) is 18.1. The number of ether oxygens (including phenoxy) is 1. The lowest BCUT2D eigenvalue weighted by molar-refractivity contribution is -0.137. The van der Waals surface area contributed by atoms with Crippen molar-refractivity contribution in [2.45, 2.75) is 64.3 Å². The molecule has 2 aromatic carbocycles. The van der Waals surface area contributed by atoms with Crippen LogP contribution in [0.15, 0.2) is 67.0 Å². The van der Waals surface area contributed by atoms with Crippen molar-refractivity contribution >= 4 is 11.9 Å². The minimum Gasteiger partial charge on any atom is -0.492 e. The number of carboxylic acids is 1. The lowest BCUT2D eigenvalue weighted by Gasteiger charge is -2.30. The Morgan fingerprint density at radius 2 is 1.76 bits per heavy atom. The molecular formula is C31H36N2O4. The lowest BCUT2D eigenvalue weighted by Crippen LogP contribution is -2.34. The molecule has 194 valence electrons. The molecule has 2 N–H and O–H groups in total. The molecule has 0 radical (unpaired) electrons. The number of nitrogens with one attached hydrogen (secondary N) is 1. The number of amides is 1. The zero-order chi connectivity index (χ0) is 26.0. The monoisotopic (exact) mass is 500 g/mol. The first-order valence-corrected chi connectivity index (χ1v) is 13.3. The molecule has 0 aliphatic heterocycles. The van der Waals surface area contributed by atoms with E-state index in [1.54, 1.807) is 6.20 Å². The van der Waals surface area contributed by atoms with E-state index in [9.17, 15) is 9.59 Å². The molecule has 6 heteroatoms. The van der Waals surface area contributed by atoms with Crippen LogP contribution in [-0.4, -0.2) is 28.6 Å². The maximum absolute atomic E-state index is 13.6. The van der Waals surface area contributed by atoms with Gasteiger partial charge in [0.25, 0.3) is 0 Å². The number of aromatic nitrogens is 1. The van der Waals surface area contributed by atoms with Gasteiger partial charge in [-0.05, 0) is 60.4 Å². The average molecular weight is 501 g/mol. The number of carbonyl (C=O) groups excluding carboxylic acids is 1. The lowest BCUT2D eigenvalue weighted by atomic mass is 9.76. The van der Waals surface area contributed by atoms with Gasteiger partial charge in [0.05, 0.1) is 18.7 Å². The number of hydrogen-bond donors (Lipinski definition) is 2. The van der Waals surface area contributed by atoms with Crippen molar-refractivity contribution < 1.29 is 19.4 Å². The molecule has 1 heterocycles. The Bertz CT molecular complexity index is 1190. The third-order valence-corrected chi connectivity index (χ3v) is 7.12. The molecular weight excluding hydrogens is 464 g/mol. The van der Waals surface area contributed by atoms with Crippen LogP contribution in [0.4, 0.5) is 0 Å². The second-order valence-corrected chi connectivity index (χ2v) is 9.77. The van der Waals surface area contributed by atoms with Gasteiger partial charge in [0.2, 0.25) is 5.91 Å². The Labute approximate surface area is 219 Å². The second-order valence-electron chi connectivity index (χ2n) is 9.77. The third kappa shape index (κ3) is 7.42. The van der Waals surface area contributed by atoms with Crippen LogP contribution in [0.1, 0.15) is 68.1 Å². The van der Waals surface area contributed by atoms with E-state index in [1.165, 1.54) is 6.42 Å². The van der Waals surface area contributed by atoms with Gasteiger partial charge in [-0.25, -0.2) is 0 Å². The first-order chi connectivity index (χ1) is 18.0. The van der Waals surface area contributed by atoms with Crippen LogP contribution < -0.4 is 10.1 Å². The van der Waals surface area contributed by atoms with Gasteiger partial charge < -0.3 is 15.2 Å². The van der Waals surface area contributed by atoms with E-state index in [4.69, 9.17) is 9.84 Å². The third-order valence-electron chi connectivity index (χ3n) is 7.12. The molecule has 3 aromatic rings. The molecule has 1 aliphatic carbocycles. The van der Waals surface area contributed by atoms with E-state index in [-0.39, 0.29) is 18.2 Å². The molecule has 1 aliphatic rings. The molecule has 6 nitrogen and oxygen atoms in total. The molecule has 1 saturated carbocycles. The fourth-order valence-corrected chi connectivity index (χ4v) is 5.26. The summed E-state index contributed by atoms with van der Waals surface area (Å²) in [5.74, 6) is 0.117. The van der Waals surface area contributed by atoms with Crippen molar-refractivity contribution in [3.05, 3.63) is 83.7 Å². The van der Waals surface area contributed by atoms with Crippen molar-refractivity contribution in [1.82, 2.24) is 10.3 Å². The summed E-state index contributed by atoms with van der Waals surface area (Å²) in [4.78, 5) is 28.8. The topological polar surface area (TPSA) is 88.5 Å². The molecule has 1 amide bonds. The minimum atomic E-state index is -0.807. The maximum atomic E-state index is 13.6. The Balaban J connectivity index is 1.49. The van der Waals surface area contributed by atoms with E-state index < -0.39 is 5.97 Å². The first kappa shape index (κ1) is 26.4. The van der Waals surface area contributed by atoms with Crippen molar-refractivity contribution in [3.8, 4) is 16.9 Å². The number of pyridine rings is 1.